The molecular formula is C17H16N2O. The van der Waals surface area contributed by atoms with E-state index >= 15 is 0 Å². The van der Waals surface area contributed by atoms with Crippen LogP contribution in [-0.4, -0.2) is 23.8 Å². The molecule has 3 heteroatoms. The molecule has 0 radical (unpaired) electrons. The third-order valence-electron chi connectivity index (χ3n) is 3.92. The Kier molecular flexibility index (Phi) is 3.51. The monoisotopic (exact) mass is 264 g/mol. The fourth-order valence-corrected chi connectivity index (χ4v) is 2.79. The van der Waals surface area contributed by atoms with Crippen LogP contribution in [0.2, 0.25) is 0 Å². The first-order valence-electron chi connectivity index (χ1n) is 6.75. The lowest BCUT2D eigenvalue weighted by molar-refractivity contribution is 0.151. The van der Waals surface area contributed by atoms with Gasteiger partial charge in [-0.25, -0.2) is 0 Å². The SMILES string of the molecule is N#C[C@@H]1N[C@H](CO)[C@H]1c1ccc(-c2ccccc2)cc1. The molecule has 20 heavy (non-hydrogen) atoms. The number of nitriles is 1. The third-order valence-corrected chi connectivity index (χ3v) is 3.92. The average Bonchev–Trinajstić information content (AvgIpc) is 2.49. The summed E-state index contributed by atoms with van der Waals surface area (Å²) < 4.78 is 0. The van der Waals surface area contributed by atoms with Crippen LogP contribution in [0.1, 0.15) is 11.5 Å². The summed E-state index contributed by atoms with van der Waals surface area (Å²) in [5, 5.41) is 21.4. The molecule has 3 rings (SSSR count). The quantitative estimate of drug-likeness (QED) is 0.894. The van der Waals surface area contributed by atoms with E-state index < -0.39 is 0 Å². The molecule has 2 aromatic rings. The molecule has 1 fully saturated rings. The Hall–Kier alpha value is -2.15. The third kappa shape index (κ3) is 2.20. The van der Waals surface area contributed by atoms with Gasteiger partial charge in [0.25, 0.3) is 0 Å². The molecule has 1 aliphatic rings. The van der Waals surface area contributed by atoms with Crippen molar-refractivity contribution < 1.29 is 5.11 Å². The predicted octanol–water partition coefficient (Wildman–Crippen LogP) is 2.29. The molecule has 100 valence electrons. The van der Waals surface area contributed by atoms with Crippen molar-refractivity contribution in [3.8, 4) is 17.2 Å². The highest BCUT2D eigenvalue weighted by Crippen LogP contribution is 2.32. The van der Waals surface area contributed by atoms with Gasteiger partial charge >= 0.3 is 0 Å². The molecule has 3 nitrogen and oxygen atoms in total. The smallest absolute Gasteiger partial charge is 0.104 e. The van der Waals surface area contributed by atoms with E-state index in [-0.39, 0.29) is 24.6 Å². The minimum Gasteiger partial charge on any atom is -0.395 e. The molecule has 2 N–H and O–H groups in total. The summed E-state index contributed by atoms with van der Waals surface area (Å²) >= 11 is 0. The summed E-state index contributed by atoms with van der Waals surface area (Å²) in [7, 11) is 0. The number of rotatable bonds is 3. The van der Waals surface area contributed by atoms with Gasteiger partial charge in [-0.2, -0.15) is 5.26 Å². The van der Waals surface area contributed by atoms with Crippen molar-refractivity contribution in [1.29, 1.82) is 5.26 Å². The number of benzene rings is 2. The second-order valence-electron chi connectivity index (χ2n) is 5.08. The number of aliphatic hydroxyl groups excluding tert-OH is 1. The first kappa shape index (κ1) is 12.9. The molecule has 0 aliphatic carbocycles. The van der Waals surface area contributed by atoms with E-state index in [0.717, 1.165) is 11.1 Å². The Morgan fingerprint density at radius 2 is 1.65 bits per heavy atom. The van der Waals surface area contributed by atoms with E-state index in [2.05, 4.69) is 47.8 Å². The van der Waals surface area contributed by atoms with E-state index in [1.807, 2.05) is 18.2 Å². The Morgan fingerprint density at radius 3 is 2.25 bits per heavy atom. The Bertz CT molecular complexity index is 616. The van der Waals surface area contributed by atoms with Crippen LogP contribution < -0.4 is 5.32 Å². The second kappa shape index (κ2) is 5.46. The fourth-order valence-electron chi connectivity index (χ4n) is 2.79. The fraction of sp³-hybridized carbons (Fsp3) is 0.235. The van der Waals surface area contributed by atoms with Gasteiger partial charge in [-0.05, 0) is 16.7 Å². The summed E-state index contributed by atoms with van der Waals surface area (Å²) in [6, 6.07) is 20.5. The van der Waals surface area contributed by atoms with Crippen molar-refractivity contribution in [3.63, 3.8) is 0 Å². The number of nitrogens with one attached hydrogen (secondary N) is 1. The largest absolute Gasteiger partial charge is 0.395 e. The highest BCUT2D eigenvalue weighted by Gasteiger charge is 2.40. The molecule has 0 saturated carbocycles. The molecule has 0 amide bonds. The highest BCUT2D eigenvalue weighted by atomic mass is 16.3. The second-order valence-corrected chi connectivity index (χ2v) is 5.08. The standard InChI is InChI=1S/C17H16N2O/c18-10-15-17(16(11-20)19-15)14-8-6-13(7-9-14)12-4-2-1-3-5-12/h1-9,15-17,19-20H,11H2/t15-,16+,17-/m0/s1. The topological polar surface area (TPSA) is 56.0 Å². The van der Waals surface area contributed by atoms with Crippen LogP contribution in [0, 0.1) is 11.3 Å². The summed E-state index contributed by atoms with van der Waals surface area (Å²) in [4.78, 5) is 0. The summed E-state index contributed by atoms with van der Waals surface area (Å²) in [6.45, 7) is 0.0588. The van der Waals surface area contributed by atoms with Crippen LogP contribution in [0.5, 0.6) is 0 Å². The van der Waals surface area contributed by atoms with Gasteiger partial charge in [0.05, 0.1) is 12.7 Å². The van der Waals surface area contributed by atoms with Crippen LogP contribution in [0.3, 0.4) is 0 Å². The number of aliphatic hydroxyl groups is 1. The maximum absolute atomic E-state index is 9.29. The van der Waals surface area contributed by atoms with Gasteiger partial charge in [0.15, 0.2) is 0 Å². The number of hydrogen-bond donors (Lipinski definition) is 2. The van der Waals surface area contributed by atoms with Crippen molar-refractivity contribution in [3.05, 3.63) is 60.2 Å². The van der Waals surface area contributed by atoms with Crippen molar-refractivity contribution in [2.24, 2.45) is 0 Å². The maximum atomic E-state index is 9.29. The van der Waals surface area contributed by atoms with Crippen LogP contribution >= 0.6 is 0 Å². The molecule has 1 aliphatic heterocycles. The lowest BCUT2D eigenvalue weighted by Gasteiger charge is -2.41. The molecule has 2 aromatic carbocycles. The van der Waals surface area contributed by atoms with Gasteiger partial charge in [0.2, 0.25) is 0 Å². The van der Waals surface area contributed by atoms with Gasteiger partial charge in [-0.1, -0.05) is 54.6 Å². The van der Waals surface area contributed by atoms with Gasteiger partial charge in [-0.15, -0.1) is 0 Å². The molecule has 0 spiro atoms. The molecule has 1 heterocycles. The van der Waals surface area contributed by atoms with Crippen LogP contribution in [0.4, 0.5) is 0 Å². The van der Waals surface area contributed by atoms with E-state index in [1.165, 1.54) is 5.56 Å². The van der Waals surface area contributed by atoms with Crippen LogP contribution in [0.25, 0.3) is 11.1 Å². The van der Waals surface area contributed by atoms with Gasteiger partial charge < -0.3 is 5.11 Å². The van der Waals surface area contributed by atoms with E-state index in [0.29, 0.717) is 0 Å². The zero-order valence-corrected chi connectivity index (χ0v) is 11.0. The Balaban J connectivity index is 1.85. The Morgan fingerprint density at radius 1 is 1.00 bits per heavy atom. The van der Waals surface area contributed by atoms with Crippen LogP contribution in [0.15, 0.2) is 54.6 Å². The van der Waals surface area contributed by atoms with Gasteiger partial charge in [-0.3, -0.25) is 5.32 Å². The van der Waals surface area contributed by atoms with E-state index in [1.54, 1.807) is 0 Å². The van der Waals surface area contributed by atoms with Gasteiger partial charge in [0, 0.05) is 12.0 Å². The number of nitrogens with zero attached hydrogens (tertiary/aromatic N) is 1. The lowest BCUT2D eigenvalue weighted by Crippen LogP contribution is -2.60. The molecule has 0 aromatic heterocycles. The van der Waals surface area contributed by atoms with Crippen molar-refractivity contribution in [1.82, 2.24) is 5.32 Å². The molecule has 0 bridgehead atoms. The van der Waals surface area contributed by atoms with Gasteiger partial charge in [0.1, 0.15) is 6.04 Å². The minimum atomic E-state index is -0.199. The Labute approximate surface area is 118 Å². The molecule has 3 atom stereocenters. The molecular weight excluding hydrogens is 248 g/mol. The molecule has 1 saturated heterocycles. The predicted molar refractivity (Wildman–Crippen MR) is 78.0 cm³/mol. The zero-order chi connectivity index (χ0) is 13.9. The first-order chi connectivity index (χ1) is 9.83. The maximum Gasteiger partial charge on any atom is 0.104 e. The van der Waals surface area contributed by atoms with Crippen molar-refractivity contribution in [2.75, 3.05) is 6.61 Å². The number of hydrogen-bond acceptors (Lipinski definition) is 3. The van der Waals surface area contributed by atoms with E-state index in [9.17, 15) is 5.11 Å². The summed E-state index contributed by atoms with van der Waals surface area (Å²) in [6.07, 6.45) is 0. The van der Waals surface area contributed by atoms with E-state index in [4.69, 9.17) is 5.26 Å². The van der Waals surface area contributed by atoms with Crippen LogP contribution in [-0.2, 0) is 0 Å². The highest BCUT2D eigenvalue weighted by molar-refractivity contribution is 5.63. The first-order valence-corrected chi connectivity index (χ1v) is 6.75. The lowest BCUT2D eigenvalue weighted by atomic mass is 9.78. The zero-order valence-electron chi connectivity index (χ0n) is 11.0. The normalized spacial score (nSPS) is 24.7. The minimum absolute atomic E-state index is 0.0118. The molecule has 0 unspecified atom stereocenters. The summed E-state index contributed by atoms with van der Waals surface area (Å²) in [5.74, 6) is 0.0785. The summed E-state index contributed by atoms with van der Waals surface area (Å²) in [5.41, 5.74) is 3.45. The average molecular weight is 264 g/mol. The van der Waals surface area contributed by atoms with Crippen molar-refractivity contribution in [2.45, 2.75) is 18.0 Å². The van der Waals surface area contributed by atoms with Crippen molar-refractivity contribution >= 4 is 0 Å².